The fraction of sp³-hybridized carbons (Fsp3) is 0.269. The molecule has 1 aliphatic heterocycles. The number of aromatic nitrogens is 3. The first-order valence-corrected chi connectivity index (χ1v) is 11.5. The highest BCUT2D eigenvalue weighted by Gasteiger charge is 2.21. The van der Waals surface area contributed by atoms with E-state index in [1.54, 1.807) is 0 Å². The van der Waals surface area contributed by atoms with Gasteiger partial charge in [-0.15, -0.1) is 0 Å². The summed E-state index contributed by atoms with van der Waals surface area (Å²) in [5.74, 6) is 0.566. The molecule has 1 N–H and O–H groups in total. The van der Waals surface area contributed by atoms with Crippen LogP contribution in [0.2, 0.25) is 5.02 Å². The second kappa shape index (κ2) is 9.33. The number of pyridine rings is 1. The van der Waals surface area contributed by atoms with Gasteiger partial charge >= 0.3 is 0 Å². The molecule has 0 spiro atoms. The van der Waals surface area contributed by atoms with Crippen LogP contribution in [-0.2, 0) is 11.2 Å². The summed E-state index contributed by atoms with van der Waals surface area (Å²) in [5, 5.41) is 4.08. The van der Waals surface area contributed by atoms with Crippen LogP contribution in [0.5, 0.6) is 0 Å². The minimum absolute atomic E-state index is 0.0106. The average Bonchev–Trinajstić information content (AvgIpc) is 3.28. The van der Waals surface area contributed by atoms with Crippen LogP contribution in [0.1, 0.15) is 41.2 Å². The molecule has 3 heterocycles. The van der Waals surface area contributed by atoms with Crippen molar-refractivity contribution in [2.45, 2.75) is 19.4 Å². The van der Waals surface area contributed by atoms with E-state index in [4.69, 9.17) is 21.3 Å². The zero-order valence-electron chi connectivity index (χ0n) is 18.6. The summed E-state index contributed by atoms with van der Waals surface area (Å²) >= 11 is 6.32. The Balaban J connectivity index is 1.31. The Morgan fingerprint density at radius 3 is 2.64 bits per heavy atom. The maximum absolute atomic E-state index is 6.32. The molecule has 0 amide bonds. The summed E-state index contributed by atoms with van der Waals surface area (Å²) in [4.78, 5) is 16.2. The molecule has 0 unspecified atom stereocenters. The topological polar surface area (TPSA) is 63.2 Å². The molecule has 1 atom stereocenters. The highest BCUT2D eigenvalue weighted by atomic mass is 35.5. The van der Waals surface area contributed by atoms with Gasteiger partial charge in [0.1, 0.15) is 0 Å². The first kappa shape index (κ1) is 21.6. The molecule has 3 aromatic rings. The molecular weight excluding hydrogens is 434 g/mol. The predicted molar refractivity (Wildman–Crippen MR) is 132 cm³/mol. The molecular formula is C26H26ClN5O. The zero-order chi connectivity index (χ0) is 22.8. The fourth-order valence-electron chi connectivity index (χ4n) is 4.31. The van der Waals surface area contributed by atoms with Gasteiger partial charge in [-0.25, -0.2) is 9.97 Å². The molecule has 2 aromatic heterocycles. The van der Waals surface area contributed by atoms with Gasteiger partial charge in [-0.05, 0) is 30.2 Å². The fourth-order valence-corrected chi connectivity index (χ4v) is 4.61. The Kier molecular flexibility index (Phi) is 6.11. The summed E-state index contributed by atoms with van der Waals surface area (Å²) < 4.78 is 5.48. The lowest BCUT2D eigenvalue weighted by Gasteiger charge is -2.29. The lowest BCUT2D eigenvalue weighted by Crippen LogP contribution is -2.36. The summed E-state index contributed by atoms with van der Waals surface area (Å²) in [5.41, 5.74) is 7.14. The average molecular weight is 460 g/mol. The first-order chi connectivity index (χ1) is 16.1. The van der Waals surface area contributed by atoms with Gasteiger partial charge in [-0.1, -0.05) is 42.5 Å². The predicted octanol–water partition coefficient (Wildman–Crippen LogP) is 4.67. The number of nitrogens with zero attached hydrogens (tertiary/aromatic N) is 4. The second-order valence-corrected chi connectivity index (χ2v) is 8.68. The SMILES string of the molecule is C=C(N[C@@H](C)c1ccccc1Cl)c1ncc(C2=CCc3ncc(N4CCOCC4)cc32)cn1. The van der Waals surface area contributed by atoms with Crippen LogP contribution in [0.3, 0.4) is 0 Å². The van der Waals surface area contributed by atoms with E-state index in [0.717, 1.165) is 71.4 Å². The van der Waals surface area contributed by atoms with Gasteiger partial charge in [-0.2, -0.15) is 0 Å². The Bertz CT molecular complexity index is 1200. The van der Waals surface area contributed by atoms with Gasteiger partial charge in [0.15, 0.2) is 5.82 Å². The number of benzene rings is 1. The molecule has 0 radical (unpaired) electrons. The Morgan fingerprint density at radius 2 is 1.88 bits per heavy atom. The minimum atomic E-state index is -0.0106. The van der Waals surface area contributed by atoms with Crippen LogP contribution in [-0.4, -0.2) is 41.3 Å². The maximum Gasteiger partial charge on any atom is 0.174 e. The summed E-state index contributed by atoms with van der Waals surface area (Å²) in [6, 6.07) is 10.00. The van der Waals surface area contributed by atoms with E-state index in [1.807, 2.05) is 49.8 Å². The molecule has 1 saturated heterocycles. The summed E-state index contributed by atoms with van der Waals surface area (Å²) in [6.45, 7) is 9.45. The van der Waals surface area contributed by atoms with Crippen LogP contribution in [0.25, 0.3) is 11.3 Å². The standard InChI is InChI=1S/C26H26ClN5O/c1-17(21-5-3-4-6-24(21)27)31-18(2)26-29-14-19(15-30-26)22-7-8-25-23(22)13-20(16-28-25)32-9-11-33-12-10-32/h3-7,13-17,31H,2,8-12H2,1H3/t17-/m0/s1. The van der Waals surface area contributed by atoms with Crippen molar-refractivity contribution in [1.82, 2.24) is 20.3 Å². The lowest BCUT2D eigenvalue weighted by atomic mass is 10.0. The van der Waals surface area contributed by atoms with Crippen molar-refractivity contribution in [3.8, 4) is 0 Å². The first-order valence-electron chi connectivity index (χ1n) is 11.1. The number of ether oxygens (including phenoxy) is 1. The maximum atomic E-state index is 6.32. The van der Waals surface area contributed by atoms with Gasteiger partial charge in [0.2, 0.25) is 0 Å². The normalized spacial score (nSPS) is 16.2. The second-order valence-electron chi connectivity index (χ2n) is 8.27. The van der Waals surface area contributed by atoms with Crippen molar-refractivity contribution < 1.29 is 4.74 Å². The summed E-state index contributed by atoms with van der Waals surface area (Å²) in [6.07, 6.45) is 8.71. The Morgan fingerprint density at radius 1 is 1.12 bits per heavy atom. The van der Waals surface area contributed by atoms with E-state index in [0.29, 0.717) is 11.5 Å². The van der Waals surface area contributed by atoms with Crippen molar-refractivity contribution in [2.75, 3.05) is 31.2 Å². The van der Waals surface area contributed by atoms with Gasteiger partial charge in [-0.3, -0.25) is 4.98 Å². The smallest absolute Gasteiger partial charge is 0.174 e. The molecule has 1 aromatic carbocycles. The van der Waals surface area contributed by atoms with Crippen molar-refractivity contribution in [3.63, 3.8) is 0 Å². The summed E-state index contributed by atoms with van der Waals surface area (Å²) in [7, 11) is 0. The molecule has 1 aliphatic carbocycles. The number of hydrogen-bond donors (Lipinski definition) is 1. The highest BCUT2D eigenvalue weighted by molar-refractivity contribution is 6.31. The van der Waals surface area contributed by atoms with Crippen molar-refractivity contribution in [2.24, 2.45) is 0 Å². The zero-order valence-corrected chi connectivity index (χ0v) is 19.3. The number of morpholine rings is 1. The number of nitrogens with one attached hydrogen (secondary N) is 1. The molecule has 5 rings (SSSR count). The number of anilines is 1. The molecule has 2 aliphatic rings. The quantitative estimate of drug-likeness (QED) is 0.578. The van der Waals surface area contributed by atoms with Crippen LogP contribution >= 0.6 is 11.6 Å². The third-order valence-corrected chi connectivity index (χ3v) is 6.46. The minimum Gasteiger partial charge on any atom is -0.378 e. The van der Waals surface area contributed by atoms with E-state index in [1.165, 1.54) is 0 Å². The number of rotatable bonds is 6. The van der Waals surface area contributed by atoms with Crippen molar-refractivity contribution in [1.29, 1.82) is 0 Å². The molecule has 6 nitrogen and oxygen atoms in total. The van der Waals surface area contributed by atoms with Crippen molar-refractivity contribution in [3.05, 3.63) is 94.8 Å². The van der Waals surface area contributed by atoms with Crippen molar-refractivity contribution >= 4 is 28.6 Å². The number of fused-ring (bicyclic) bond motifs is 1. The van der Waals surface area contributed by atoms with Crippen LogP contribution in [0.4, 0.5) is 5.69 Å². The molecule has 1 fully saturated rings. The van der Waals surface area contributed by atoms with E-state index < -0.39 is 0 Å². The Hall–Kier alpha value is -3.22. The molecule has 7 heteroatoms. The largest absolute Gasteiger partial charge is 0.378 e. The molecule has 0 bridgehead atoms. The Labute approximate surface area is 199 Å². The highest BCUT2D eigenvalue weighted by Crippen LogP contribution is 2.34. The lowest BCUT2D eigenvalue weighted by molar-refractivity contribution is 0.122. The van der Waals surface area contributed by atoms with E-state index in [9.17, 15) is 0 Å². The molecule has 0 saturated carbocycles. The van der Waals surface area contributed by atoms with Crippen LogP contribution < -0.4 is 10.2 Å². The van der Waals surface area contributed by atoms with Gasteiger partial charge in [0, 0.05) is 48.1 Å². The van der Waals surface area contributed by atoms with E-state index in [2.05, 4.69) is 38.9 Å². The van der Waals surface area contributed by atoms with Gasteiger partial charge in [0.05, 0.1) is 42.5 Å². The van der Waals surface area contributed by atoms with E-state index >= 15 is 0 Å². The molecule has 33 heavy (non-hydrogen) atoms. The number of hydrogen-bond acceptors (Lipinski definition) is 6. The van der Waals surface area contributed by atoms with Gasteiger partial charge < -0.3 is 15.0 Å². The van der Waals surface area contributed by atoms with E-state index in [-0.39, 0.29) is 6.04 Å². The van der Waals surface area contributed by atoms with Crippen LogP contribution in [0, 0.1) is 0 Å². The van der Waals surface area contributed by atoms with Crippen LogP contribution in [0.15, 0.2) is 61.6 Å². The monoisotopic (exact) mass is 459 g/mol. The van der Waals surface area contributed by atoms with Gasteiger partial charge in [0.25, 0.3) is 0 Å². The third-order valence-electron chi connectivity index (χ3n) is 6.12. The number of halogens is 1. The number of allylic oxidation sites excluding steroid dienone is 1. The molecule has 168 valence electrons. The third kappa shape index (κ3) is 4.49.